The van der Waals surface area contributed by atoms with E-state index in [-0.39, 0.29) is 0 Å². The van der Waals surface area contributed by atoms with E-state index in [4.69, 9.17) is 0 Å². The van der Waals surface area contributed by atoms with Crippen molar-refractivity contribution in [3.63, 3.8) is 0 Å². The Hall–Kier alpha value is -0.820. The first kappa shape index (κ1) is 13.2. The Morgan fingerprint density at radius 1 is 1.12 bits per heavy atom. The lowest BCUT2D eigenvalue weighted by Gasteiger charge is -2.31. The number of benzene rings is 1. The van der Waals surface area contributed by atoms with Gasteiger partial charge in [-0.1, -0.05) is 58.0 Å². The number of hydrogen-bond acceptors (Lipinski definition) is 1. The molecule has 90 valence electrons. The maximum atomic E-state index is 3.48. The third kappa shape index (κ3) is 4.36. The van der Waals surface area contributed by atoms with Crippen LogP contribution in [0.3, 0.4) is 0 Å². The third-order valence-electron chi connectivity index (χ3n) is 3.19. The summed E-state index contributed by atoms with van der Waals surface area (Å²) in [6.45, 7) is 11.3. The van der Waals surface area contributed by atoms with Crippen LogP contribution in [0.5, 0.6) is 0 Å². The first-order chi connectivity index (χ1) is 7.54. The molecular formula is C15H25N. The highest BCUT2D eigenvalue weighted by Crippen LogP contribution is 2.28. The highest BCUT2D eigenvalue weighted by atomic mass is 14.8. The average Bonchev–Trinajstić information content (AvgIpc) is 2.24. The second kappa shape index (κ2) is 6.05. The van der Waals surface area contributed by atoms with Crippen molar-refractivity contribution >= 4 is 0 Å². The van der Waals surface area contributed by atoms with Crippen molar-refractivity contribution in [2.24, 2.45) is 11.3 Å². The van der Waals surface area contributed by atoms with Crippen LogP contribution in [0.1, 0.15) is 33.3 Å². The normalized spacial score (nSPS) is 13.8. The molecule has 0 saturated heterocycles. The van der Waals surface area contributed by atoms with Gasteiger partial charge >= 0.3 is 0 Å². The van der Waals surface area contributed by atoms with Crippen molar-refractivity contribution in [2.75, 3.05) is 13.1 Å². The van der Waals surface area contributed by atoms with Gasteiger partial charge in [-0.3, -0.25) is 0 Å². The van der Waals surface area contributed by atoms with Crippen molar-refractivity contribution in [3.05, 3.63) is 35.9 Å². The minimum Gasteiger partial charge on any atom is -0.317 e. The minimum atomic E-state index is 0.359. The van der Waals surface area contributed by atoms with Crippen LogP contribution >= 0.6 is 0 Å². The van der Waals surface area contributed by atoms with Gasteiger partial charge in [0.15, 0.2) is 0 Å². The van der Waals surface area contributed by atoms with Crippen LogP contribution in [-0.2, 0) is 6.42 Å². The molecule has 1 heteroatoms. The largest absolute Gasteiger partial charge is 0.317 e. The fourth-order valence-electron chi connectivity index (χ4n) is 1.90. The van der Waals surface area contributed by atoms with E-state index in [0.29, 0.717) is 11.3 Å². The zero-order chi connectivity index (χ0) is 12.0. The molecule has 0 fully saturated rings. The van der Waals surface area contributed by atoms with E-state index in [1.165, 1.54) is 5.56 Å². The van der Waals surface area contributed by atoms with E-state index in [9.17, 15) is 0 Å². The summed E-state index contributed by atoms with van der Waals surface area (Å²) >= 11 is 0. The van der Waals surface area contributed by atoms with Crippen LogP contribution in [0.2, 0.25) is 0 Å². The Morgan fingerprint density at radius 3 is 2.25 bits per heavy atom. The van der Waals surface area contributed by atoms with Crippen molar-refractivity contribution in [1.29, 1.82) is 0 Å². The summed E-state index contributed by atoms with van der Waals surface area (Å²) in [4.78, 5) is 0. The SMILES string of the molecule is CCNCC(Cc1ccccc1)C(C)(C)C. The Balaban J connectivity index is 2.64. The lowest BCUT2D eigenvalue weighted by atomic mass is 9.77. The molecule has 0 aliphatic carbocycles. The van der Waals surface area contributed by atoms with E-state index in [1.54, 1.807) is 0 Å². The molecule has 1 nitrogen and oxygen atoms in total. The zero-order valence-electron chi connectivity index (χ0n) is 11.1. The Labute approximate surface area is 100 Å². The molecule has 0 radical (unpaired) electrons. The maximum Gasteiger partial charge on any atom is -0.00124 e. The van der Waals surface area contributed by atoms with E-state index in [2.05, 4.69) is 63.3 Å². The Kier molecular flexibility index (Phi) is 5.01. The molecule has 0 bridgehead atoms. The molecule has 0 saturated carbocycles. The summed E-state index contributed by atoms with van der Waals surface area (Å²) in [5.74, 6) is 0.690. The van der Waals surface area contributed by atoms with E-state index in [1.807, 2.05) is 0 Å². The van der Waals surface area contributed by atoms with Gasteiger partial charge in [0, 0.05) is 0 Å². The van der Waals surface area contributed by atoms with E-state index in [0.717, 1.165) is 19.5 Å². The zero-order valence-corrected chi connectivity index (χ0v) is 11.1. The summed E-state index contributed by atoms with van der Waals surface area (Å²) in [7, 11) is 0. The standard InChI is InChI=1S/C15H25N/c1-5-16-12-14(15(2,3)4)11-13-9-7-6-8-10-13/h6-10,14,16H,5,11-12H2,1-4H3. The molecule has 0 heterocycles. The van der Waals surface area contributed by atoms with Gasteiger partial charge in [-0.05, 0) is 36.4 Å². The lowest BCUT2D eigenvalue weighted by molar-refractivity contribution is 0.232. The molecule has 0 spiro atoms. The second-order valence-electron chi connectivity index (χ2n) is 5.56. The van der Waals surface area contributed by atoms with Crippen LogP contribution in [-0.4, -0.2) is 13.1 Å². The highest BCUT2D eigenvalue weighted by Gasteiger charge is 2.24. The molecule has 0 aromatic heterocycles. The summed E-state index contributed by atoms with van der Waals surface area (Å²) in [5, 5.41) is 3.48. The van der Waals surface area contributed by atoms with Gasteiger partial charge in [-0.2, -0.15) is 0 Å². The number of rotatable bonds is 5. The molecule has 0 aliphatic rings. The first-order valence-electron chi connectivity index (χ1n) is 6.28. The molecule has 1 unspecified atom stereocenters. The van der Waals surface area contributed by atoms with Gasteiger partial charge in [-0.15, -0.1) is 0 Å². The van der Waals surface area contributed by atoms with Crippen molar-refractivity contribution in [1.82, 2.24) is 5.32 Å². The van der Waals surface area contributed by atoms with Crippen molar-refractivity contribution in [2.45, 2.75) is 34.1 Å². The summed E-state index contributed by atoms with van der Waals surface area (Å²) in [5.41, 5.74) is 1.80. The lowest BCUT2D eigenvalue weighted by Crippen LogP contribution is -2.33. The van der Waals surface area contributed by atoms with Crippen LogP contribution in [0, 0.1) is 11.3 Å². The van der Waals surface area contributed by atoms with Gasteiger partial charge in [0.2, 0.25) is 0 Å². The smallest absolute Gasteiger partial charge is 0.00124 e. The molecule has 1 aromatic rings. The fraction of sp³-hybridized carbons (Fsp3) is 0.600. The molecule has 16 heavy (non-hydrogen) atoms. The molecule has 0 aliphatic heterocycles. The molecule has 1 rings (SSSR count). The fourth-order valence-corrected chi connectivity index (χ4v) is 1.90. The second-order valence-corrected chi connectivity index (χ2v) is 5.56. The van der Waals surface area contributed by atoms with E-state index >= 15 is 0 Å². The van der Waals surface area contributed by atoms with Crippen molar-refractivity contribution in [3.8, 4) is 0 Å². The van der Waals surface area contributed by atoms with Gasteiger partial charge < -0.3 is 5.32 Å². The summed E-state index contributed by atoms with van der Waals surface area (Å²) < 4.78 is 0. The average molecular weight is 219 g/mol. The Bertz CT molecular complexity index is 284. The summed E-state index contributed by atoms with van der Waals surface area (Å²) in [6.07, 6.45) is 1.16. The molecule has 0 amide bonds. The van der Waals surface area contributed by atoms with Crippen LogP contribution in [0.15, 0.2) is 30.3 Å². The number of nitrogens with one attached hydrogen (secondary N) is 1. The van der Waals surface area contributed by atoms with E-state index < -0.39 is 0 Å². The van der Waals surface area contributed by atoms with Gasteiger partial charge in [0.05, 0.1) is 0 Å². The summed E-state index contributed by atoms with van der Waals surface area (Å²) in [6, 6.07) is 10.8. The molecule has 1 atom stereocenters. The monoisotopic (exact) mass is 219 g/mol. The van der Waals surface area contributed by atoms with Crippen molar-refractivity contribution < 1.29 is 0 Å². The van der Waals surface area contributed by atoms with Gasteiger partial charge in [0.1, 0.15) is 0 Å². The molecule has 1 N–H and O–H groups in total. The quantitative estimate of drug-likeness (QED) is 0.799. The highest BCUT2D eigenvalue weighted by molar-refractivity contribution is 5.15. The maximum absolute atomic E-state index is 3.48. The van der Waals surface area contributed by atoms with Crippen LogP contribution in [0.4, 0.5) is 0 Å². The minimum absolute atomic E-state index is 0.359. The van der Waals surface area contributed by atoms with Crippen LogP contribution < -0.4 is 5.32 Å². The van der Waals surface area contributed by atoms with Gasteiger partial charge in [-0.25, -0.2) is 0 Å². The molecular weight excluding hydrogens is 194 g/mol. The predicted molar refractivity (Wildman–Crippen MR) is 71.6 cm³/mol. The van der Waals surface area contributed by atoms with Gasteiger partial charge in [0.25, 0.3) is 0 Å². The first-order valence-corrected chi connectivity index (χ1v) is 6.28. The third-order valence-corrected chi connectivity index (χ3v) is 3.19. The van der Waals surface area contributed by atoms with Crippen LogP contribution in [0.25, 0.3) is 0 Å². The predicted octanol–water partition coefficient (Wildman–Crippen LogP) is 3.50. The topological polar surface area (TPSA) is 12.0 Å². The number of hydrogen-bond donors (Lipinski definition) is 1. The Morgan fingerprint density at radius 2 is 1.75 bits per heavy atom. The molecule has 1 aromatic carbocycles.